The van der Waals surface area contributed by atoms with Crippen molar-refractivity contribution in [3.8, 4) is 0 Å². The first-order valence-corrected chi connectivity index (χ1v) is 9.03. The van der Waals surface area contributed by atoms with Crippen LogP contribution in [0.3, 0.4) is 0 Å². The Hall–Kier alpha value is -2.79. The number of nitrogens with zero attached hydrogens (tertiary/aromatic N) is 1. The van der Waals surface area contributed by atoms with Gasteiger partial charge in [-0.3, -0.25) is 0 Å². The van der Waals surface area contributed by atoms with E-state index in [0.29, 0.717) is 16.7 Å². The Kier molecular flexibility index (Phi) is 3.15. The van der Waals surface area contributed by atoms with Gasteiger partial charge in [-0.25, -0.2) is 12.4 Å². The predicted octanol–water partition coefficient (Wildman–Crippen LogP) is 3.92. The van der Waals surface area contributed by atoms with Crippen LogP contribution in [0.15, 0.2) is 71.6 Å². The van der Waals surface area contributed by atoms with Gasteiger partial charge in [0, 0.05) is 16.5 Å². The Morgan fingerprint density at radius 2 is 1.50 bits per heavy atom. The van der Waals surface area contributed by atoms with Gasteiger partial charge >= 0.3 is 0 Å². The summed E-state index contributed by atoms with van der Waals surface area (Å²) in [7, 11) is -3.70. The third-order valence-corrected chi connectivity index (χ3v) is 5.95. The Labute approximate surface area is 140 Å². The number of nitrogens with two attached hydrogens (primary N) is 1. The molecule has 2 N–H and O–H groups in total. The average molecular weight is 336 g/mol. The monoisotopic (exact) mass is 336 g/mol. The number of nitrogen functional groups attached to an aromatic ring is 1. The molecule has 0 radical (unpaired) electrons. The van der Waals surface area contributed by atoms with Crippen LogP contribution in [0.2, 0.25) is 0 Å². The van der Waals surface area contributed by atoms with E-state index in [0.717, 1.165) is 16.3 Å². The van der Waals surface area contributed by atoms with Crippen molar-refractivity contribution in [2.75, 3.05) is 5.73 Å². The van der Waals surface area contributed by atoms with E-state index >= 15 is 0 Å². The van der Waals surface area contributed by atoms with Crippen LogP contribution in [0.5, 0.6) is 0 Å². The molecule has 0 amide bonds. The van der Waals surface area contributed by atoms with Gasteiger partial charge in [0.1, 0.15) is 0 Å². The lowest BCUT2D eigenvalue weighted by Crippen LogP contribution is -2.12. The normalized spacial score (nSPS) is 12.0. The Balaban J connectivity index is 2.13. The van der Waals surface area contributed by atoms with E-state index in [4.69, 9.17) is 5.73 Å². The minimum Gasteiger partial charge on any atom is -0.399 e. The molecule has 0 atom stereocenters. The highest BCUT2D eigenvalue weighted by atomic mass is 32.2. The van der Waals surface area contributed by atoms with Crippen LogP contribution in [-0.4, -0.2) is 12.4 Å². The predicted molar refractivity (Wildman–Crippen MR) is 97.6 cm³/mol. The first kappa shape index (κ1) is 14.8. The fourth-order valence-corrected chi connectivity index (χ4v) is 4.56. The number of anilines is 1. The molecule has 0 saturated carbocycles. The average Bonchev–Trinajstić information content (AvgIpc) is 2.90. The number of hydrogen-bond donors (Lipinski definition) is 1. The molecule has 0 spiro atoms. The molecule has 0 saturated heterocycles. The molecule has 0 fully saturated rings. The number of hydrogen-bond acceptors (Lipinski definition) is 3. The molecular weight excluding hydrogens is 320 g/mol. The summed E-state index contributed by atoms with van der Waals surface area (Å²) in [5.74, 6) is 0. The van der Waals surface area contributed by atoms with E-state index in [2.05, 4.69) is 0 Å². The molecule has 5 heteroatoms. The molecule has 0 unspecified atom stereocenters. The smallest absolute Gasteiger partial charge is 0.268 e. The van der Waals surface area contributed by atoms with Crippen LogP contribution in [0.25, 0.3) is 21.8 Å². The van der Waals surface area contributed by atoms with Crippen molar-refractivity contribution in [3.05, 3.63) is 72.3 Å². The van der Waals surface area contributed by atoms with Crippen molar-refractivity contribution in [1.82, 2.24) is 3.97 Å². The third kappa shape index (κ3) is 2.09. The van der Waals surface area contributed by atoms with Crippen molar-refractivity contribution < 1.29 is 8.42 Å². The summed E-state index contributed by atoms with van der Waals surface area (Å²) in [6.45, 7) is 1.93. The summed E-state index contributed by atoms with van der Waals surface area (Å²) < 4.78 is 27.9. The van der Waals surface area contributed by atoms with E-state index in [1.165, 1.54) is 3.97 Å². The maximum atomic E-state index is 13.3. The van der Waals surface area contributed by atoms with Crippen molar-refractivity contribution in [1.29, 1.82) is 0 Å². The summed E-state index contributed by atoms with van der Waals surface area (Å²) in [6.07, 6.45) is 0. The molecule has 1 heterocycles. The molecule has 24 heavy (non-hydrogen) atoms. The molecule has 0 aliphatic carbocycles. The van der Waals surface area contributed by atoms with E-state index in [-0.39, 0.29) is 4.90 Å². The lowest BCUT2D eigenvalue weighted by Gasteiger charge is -2.09. The van der Waals surface area contributed by atoms with E-state index in [1.54, 1.807) is 36.4 Å². The quantitative estimate of drug-likeness (QED) is 0.564. The van der Waals surface area contributed by atoms with E-state index < -0.39 is 10.0 Å². The maximum Gasteiger partial charge on any atom is 0.268 e. The highest BCUT2D eigenvalue weighted by Gasteiger charge is 2.22. The standard InChI is InChI=1S/C19H16N2O2S/c1-13-6-9-15(10-7-13)24(22,23)21-18-5-3-2-4-16(18)17-12-14(20)8-11-19(17)21/h2-12H,20H2,1H3. The first-order chi connectivity index (χ1) is 11.5. The van der Waals surface area contributed by atoms with Crippen LogP contribution in [0.1, 0.15) is 5.56 Å². The summed E-state index contributed by atoms with van der Waals surface area (Å²) in [4.78, 5) is 0.271. The zero-order valence-electron chi connectivity index (χ0n) is 13.1. The molecule has 0 aliphatic rings. The van der Waals surface area contributed by atoms with Crippen molar-refractivity contribution in [2.45, 2.75) is 11.8 Å². The number of rotatable bonds is 2. The fraction of sp³-hybridized carbons (Fsp3) is 0.0526. The molecular formula is C19H16N2O2S. The summed E-state index contributed by atoms with van der Waals surface area (Å²) in [6, 6.07) is 19.7. The number of fused-ring (bicyclic) bond motifs is 3. The molecule has 0 bridgehead atoms. The Morgan fingerprint density at radius 1 is 0.833 bits per heavy atom. The summed E-state index contributed by atoms with van der Waals surface area (Å²) in [5, 5.41) is 1.71. The van der Waals surface area contributed by atoms with Crippen molar-refractivity contribution in [3.63, 3.8) is 0 Å². The maximum absolute atomic E-state index is 13.3. The molecule has 4 aromatic rings. The second kappa shape index (κ2) is 5.11. The van der Waals surface area contributed by atoms with Gasteiger partial charge in [0.2, 0.25) is 0 Å². The van der Waals surface area contributed by atoms with Gasteiger partial charge in [0.25, 0.3) is 10.0 Å². The van der Waals surface area contributed by atoms with Gasteiger partial charge in [-0.1, -0.05) is 35.9 Å². The number of aryl methyl sites for hydroxylation is 1. The summed E-state index contributed by atoms with van der Waals surface area (Å²) >= 11 is 0. The van der Waals surface area contributed by atoms with Crippen LogP contribution < -0.4 is 5.73 Å². The molecule has 3 aromatic carbocycles. The fourth-order valence-electron chi connectivity index (χ4n) is 3.03. The van der Waals surface area contributed by atoms with Gasteiger partial charge in [-0.2, -0.15) is 0 Å². The third-order valence-electron chi connectivity index (χ3n) is 4.21. The van der Waals surface area contributed by atoms with Gasteiger partial charge in [0.05, 0.1) is 15.9 Å². The second-order valence-corrected chi connectivity index (χ2v) is 7.66. The van der Waals surface area contributed by atoms with Crippen molar-refractivity contribution in [2.24, 2.45) is 0 Å². The Bertz CT molecular complexity index is 1170. The van der Waals surface area contributed by atoms with Crippen molar-refractivity contribution >= 4 is 37.5 Å². The molecule has 4 rings (SSSR count). The topological polar surface area (TPSA) is 65.1 Å². The number of aromatic nitrogens is 1. The minimum atomic E-state index is -3.70. The van der Waals surface area contributed by atoms with Crippen LogP contribution in [0, 0.1) is 6.92 Å². The zero-order chi connectivity index (χ0) is 16.9. The molecule has 1 aromatic heterocycles. The second-order valence-electron chi connectivity index (χ2n) is 5.88. The minimum absolute atomic E-state index is 0.271. The lowest BCUT2D eigenvalue weighted by molar-refractivity contribution is 0.590. The summed E-state index contributed by atoms with van der Waals surface area (Å²) in [5.41, 5.74) is 8.81. The van der Waals surface area contributed by atoms with Crippen LogP contribution in [-0.2, 0) is 10.0 Å². The van der Waals surface area contributed by atoms with Crippen LogP contribution in [0.4, 0.5) is 5.69 Å². The van der Waals surface area contributed by atoms with Crippen LogP contribution >= 0.6 is 0 Å². The van der Waals surface area contributed by atoms with E-state index in [9.17, 15) is 8.42 Å². The van der Waals surface area contributed by atoms with E-state index in [1.807, 2.05) is 37.3 Å². The Morgan fingerprint density at radius 3 is 2.25 bits per heavy atom. The highest BCUT2D eigenvalue weighted by Crippen LogP contribution is 2.33. The number of para-hydroxylation sites is 1. The number of benzene rings is 3. The molecule has 0 aliphatic heterocycles. The first-order valence-electron chi connectivity index (χ1n) is 7.59. The van der Waals surface area contributed by atoms with Gasteiger partial charge in [0.15, 0.2) is 0 Å². The van der Waals surface area contributed by atoms with Gasteiger partial charge in [-0.05, 0) is 43.3 Å². The van der Waals surface area contributed by atoms with Gasteiger partial charge in [-0.15, -0.1) is 0 Å². The SMILES string of the molecule is Cc1ccc(S(=O)(=O)n2c3ccccc3c3cc(N)ccc32)cc1. The zero-order valence-corrected chi connectivity index (χ0v) is 13.9. The largest absolute Gasteiger partial charge is 0.399 e. The lowest BCUT2D eigenvalue weighted by atomic mass is 10.1. The highest BCUT2D eigenvalue weighted by molar-refractivity contribution is 7.90. The molecule has 120 valence electrons. The molecule has 4 nitrogen and oxygen atoms in total. The van der Waals surface area contributed by atoms with Gasteiger partial charge < -0.3 is 5.73 Å².